The van der Waals surface area contributed by atoms with Crippen LogP contribution in [0.25, 0.3) is 10.8 Å². The molecule has 0 saturated carbocycles. The van der Waals surface area contributed by atoms with Gasteiger partial charge < -0.3 is 10.1 Å². The number of nitrogens with zero attached hydrogens (tertiary/aromatic N) is 1. The first-order valence-electron chi connectivity index (χ1n) is 9.62. The van der Waals surface area contributed by atoms with E-state index in [0.717, 1.165) is 25.0 Å². The van der Waals surface area contributed by atoms with Gasteiger partial charge in [0.2, 0.25) is 0 Å². The molecule has 3 aromatic carbocycles. The first kappa shape index (κ1) is 17.2. The standard InChI is InChI=1S/C23H21FN2O2/c24-18-8-6-17-7-9-19-21(20(17)14-18)28-23(25-22(19)27)10-12-26(13-11-23)15-16-4-2-1-3-5-16/h1-9,14H,10-13,15H2,(H,25,27). The molecule has 5 rings (SSSR count). The summed E-state index contributed by atoms with van der Waals surface area (Å²) in [6.45, 7) is 2.53. The van der Waals surface area contributed by atoms with Crippen LogP contribution in [0.2, 0.25) is 0 Å². The fourth-order valence-corrected chi connectivity index (χ4v) is 4.19. The number of benzene rings is 3. The van der Waals surface area contributed by atoms with Gasteiger partial charge in [0.1, 0.15) is 11.6 Å². The second-order valence-corrected chi connectivity index (χ2v) is 7.62. The highest BCUT2D eigenvalue weighted by molar-refractivity contribution is 6.05. The Morgan fingerprint density at radius 2 is 1.79 bits per heavy atom. The van der Waals surface area contributed by atoms with Crippen LogP contribution in [0.15, 0.2) is 60.7 Å². The van der Waals surface area contributed by atoms with Crippen LogP contribution >= 0.6 is 0 Å². The molecule has 0 aliphatic carbocycles. The second-order valence-electron chi connectivity index (χ2n) is 7.62. The van der Waals surface area contributed by atoms with Crippen molar-refractivity contribution in [2.24, 2.45) is 0 Å². The molecule has 1 fully saturated rings. The number of carbonyl (C=O) groups is 1. The summed E-state index contributed by atoms with van der Waals surface area (Å²) in [6, 6.07) is 18.5. The molecular formula is C23H21FN2O2. The highest BCUT2D eigenvalue weighted by atomic mass is 19.1. The van der Waals surface area contributed by atoms with E-state index in [1.807, 2.05) is 24.3 Å². The average Bonchev–Trinajstić information content (AvgIpc) is 2.71. The van der Waals surface area contributed by atoms with Crippen molar-refractivity contribution in [1.29, 1.82) is 0 Å². The predicted octanol–water partition coefficient (Wildman–Crippen LogP) is 4.09. The molecule has 2 aliphatic heterocycles. The van der Waals surface area contributed by atoms with Crippen molar-refractivity contribution in [1.82, 2.24) is 10.2 Å². The maximum absolute atomic E-state index is 13.8. The minimum absolute atomic E-state index is 0.149. The molecule has 4 nitrogen and oxygen atoms in total. The van der Waals surface area contributed by atoms with Crippen molar-refractivity contribution >= 4 is 16.7 Å². The quantitative estimate of drug-likeness (QED) is 0.732. The Hall–Kier alpha value is -2.92. The molecule has 2 heterocycles. The lowest BCUT2D eigenvalue weighted by Crippen LogP contribution is -2.60. The Bertz CT molecular complexity index is 1040. The van der Waals surface area contributed by atoms with Crippen molar-refractivity contribution < 1.29 is 13.9 Å². The molecular weight excluding hydrogens is 355 g/mol. The van der Waals surface area contributed by atoms with Gasteiger partial charge in [0, 0.05) is 37.9 Å². The summed E-state index contributed by atoms with van der Waals surface area (Å²) in [7, 11) is 0. The zero-order chi connectivity index (χ0) is 19.1. The van der Waals surface area contributed by atoms with Crippen LogP contribution in [0.4, 0.5) is 4.39 Å². The number of piperidine rings is 1. The number of hydrogen-bond donors (Lipinski definition) is 1. The summed E-state index contributed by atoms with van der Waals surface area (Å²) in [4.78, 5) is 15.1. The van der Waals surface area contributed by atoms with Gasteiger partial charge in [-0.05, 0) is 29.1 Å². The topological polar surface area (TPSA) is 41.6 Å². The molecule has 1 spiro atoms. The lowest BCUT2D eigenvalue weighted by Gasteiger charge is -2.44. The third-order valence-corrected chi connectivity index (χ3v) is 5.73. The predicted molar refractivity (Wildman–Crippen MR) is 106 cm³/mol. The van der Waals surface area contributed by atoms with Crippen molar-refractivity contribution in [2.45, 2.75) is 25.1 Å². The Morgan fingerprint density at radius 3 is 2.57 bits per heavy atom. The van der Waals surface area contributed by atoms with Crippen LogP contribution < -0.4 is 10.1 Å². The van der Waals surface area contributed by atoms with Gasteiger partial charge in [0.15, 0.2) is 5.72 Å². The van der Waals surface area contributed by atoms with Crippen LogP contribution in [0.5, 0.6) is 5.75 Å². The van der Waals surface area contributed by atoms with Crippen LogP contribution in [0.3, 0.4) is 0 Å². The van der Waals surface area contributed by atoms with Gasteiger partial charge in [-0.25, -0.2) is 4.39 Å². The largest absolute Gasteiger partial charge is 0.467 e. The molecule has 5 heteroatoms. The van der Waals surface area contributed by atoms with Gasteiger partial charge >= 0.3 is 0 Å². The number of hydrogen-bond acceptors (Lipinski definition) is 3. The van der Waals surface area contributed by atoms with Gasteiger partial charge in [-0.1, -0.05) is 42.5 Å². The van der Waals surface area contributed by atoms with Crippen LogP contribution in [0.1, 0.15) is 28.8 Å². The Morgan fingerprint density at radius 1 is 1.04 bits per heavy atom. The van der Waals surface area contributed by atoms with Gasteiger partial charge in [-0.15, -0.1) is 0 Å². The number of fused-ring (bicyclic) bond motifs is 3. The van der Waals surface area contributed by atoms with E-state index in [2.05, 4.69) is 22.3 Å². The lowest BCUT2D eigenvalue weighted by molar-refractivity contribution is -0.0293. The fourth-order valence-electron chi connectivity index (χ4n) is 4.19. The molecule has 1 amide bonds. The third kappa shape index (κ3) is 3.02. The number of likely N-dealkylation sites (tertiary alicyclic amines) is 1. The van der Waals surface area contributed by atoms with E-state index < -0.39 is 5.72 Å². The van der Waals surface area contributed by atoms with E-state index >= 15 is 0 Å². The maximum atomic E-state index is 13.8. The van der Waals surface area contributed by atoms with Crippen LogP contribution in [-0.4, -0.2) is 29.6 Å². The molecule has 142 valence electrons. The zero-order valence-corrected chi connectivity index (χ0v) is 15.5. The number of rotatable bonds is 2. The van der Waals surface area contributed by atoms with Crippen molar-refractivity contribution in [3.8, 4) is 5.75 Å². The molecule has 0 atom stereocenters. The molecule has 1 saturated heterocycles. The van der Waals surface area contributed by atoms with E-state index in [-0.39, 0.29) is 11.7 Å². The summed E-state index contributed by atoms with van der Waals surface area (Å²) in [5.74, 6) is 0.0170. The minimum atomic E-state index is -0.724. The number of ether oxygens (including phenoxy) is 1. The van der Waals surface area contributed by atoms with Crippen LogP contribution in [-0.2, 0) is 6.54 Å². The van der Waals surface area contributed by atoms with E-state index in [0.29, 0.717) is 29.5 Å². The molecule has 3 aromatic rings. The number of halogens is 1. The van der Waals surface area contributed by atoms with E-state index in [1.165, 1.54) is 17.7 Å². The van der Waals surface area contributed by atoms with Gasteiger partial charge in [0.25, 0.3) is 5.91 Å². The summed E-state index contributed by atoms with van der Waals surface area (Å²) in [5.41, 5.74) is 1.02. The smallest absolute Gasteiger partial charge is 0.258 e. The molecule has 0 aromatic heterocycles. The van der Waals surface area contributed by atoms with Crippen molar-refractivity contribution in [3.05, 3.63) is 77.6 Å². The minimum Gasteiger partial charge on any atom is -0.467 e. The van der Waals surface area contributed by atoms with Gasteiger partial charge in [0.05, 0.1) is 5.56 Å². The summed E-state index contributed by atoms with van der Waals surface area (Å²) >= 11 is 0. The number of carbonyl (C=O) groups excluding carboxylic acids is 1. The Kier molecular flexibility index (Phi) is 4.05. The third-order valence-electron chi connectivity index (χ3n) is 5.73. The Labute approximate surface area is 162 Å². The Balaban J connectivity index is 1.40. The monoisotopic (exact) mass is 376 g/mol. The molecule has 0 bridgehead atoms. The normalized spacial score (nSPS) is 18.5. The van der Waals surface area contributed by atoms with Crippen molar-refractivity contribution in [2.75, 3.05) is 13.1 Å². The summed E-state index contributed by atoms with van der Waals surface area (Å²) in [6.07, 6.45) is 1.38. The maximum Gasteiger partial charge on any atom is 0.258 e. The first-order valence-corrected chi connectivity index (χ1v) is 9.62. The van der Waals surface area contributed by atoms with Gasteiger partial charge in [-0.2, -0.15) is 0 Å². The summed E-state index contributed by atoms with van der Waals surface area (Å²) < 4.78 is 20.2. The SMILES string of the molecule is O=C1NC2(CCN(Cc3ccccc3)CC2)Oc2c1ccc1ccc(F)cc21. The molecule has 0 unspecified atom stereocenters. The average molecular weight is 376 g/mol. The molecule has 1 N–H and O–H groups in total. The van der Waals surface area contributed by atoms with Gasteiger partial charge in [-0.3, -0.25) is 9.69 Å². The lowest BCUT2D eigenvalue weighted by atomic mass is 9.95. The molecule has 2 aliphatic rings. The first-order chi connectivity index (χ1) is 13.6. The highest BCUT2D eigenvalue weighted by Gasteiger charge is 2.43. The fraction of sp³-hybridized carbons (Fsp3) is 0.261. The van der Waals surface area contributed by atoms with Crippen LogP contribution in [0, 0.1) is 5.82 Å². The summed E-state index contributed by atoms with van der Waals surface area (Å²) in [5, 5.41) is 4.59. The highest BCUT2D eigenvalue weighted by Crippen LogP contribution is 2.39. The second kappa shape index (κ2) is 6.60. The molecule has 0 radical (unpaired) electrons. The zero-order valence-electron chi connectivity index (χ0n) is 15.5. The number of nitrogens with one attached hydrogen (secondary N) is 1. The number of amides is 1. The molecule has 28 heavy (non-hydrogen) atoms. The van der Waals surface area contributed by atoms with Crippen molar-refractivity contribution in [3.63, 3.8) is 0 Å². The van der Waals surface area contributed by atoms with E-state index in [9.17, 15) is 9.18 Å². The van der Waals surface area contributed by atoms with E-state index in [1.54, 1.807) is 12.1 Å². The van der Waals surface area contributed by atoms with E-state index in [4.69, 9.17) is 4.74 Å².